The molecule has 0 spiro atoms. The minimum atomic E-state index is -0.712. The molecule has 2 aromatic rings. The Morgan fingerprint density at radius 2 is 1.75 bits per heavy atom. The monoisotopic (exact) mass is 387 g/mol. The summed E-state index contributed by atoms with van der Waals surface area (Å²) in [7, 11) is 1.38. The average Bonchev–Trinajstić information content (AvgIpc) is 2.64. The lowest BCUT2D eigenvalue weighted by Gasteiger charge is -2.24. The molecule has 1 atom stereocenters. The molecule has 0 fully saturated rings. The van der Waals surface area contributed by atoms with Crippen LogP contribution in [0.3, 0.4) is 0 Å². The van der Waals surface area contributed by atoms with Gasteiger partial charge in [0.1, 0.15) is 22.7 Å². The number of nitrogens with one attached hydrogen (secondary N) is 1. The van der Waals surface area contributed by atoms with Crippen molar-refractivity contribution in [3.05, 3.63) is 65.0 Å². The van der Waals surface area contributed by atoms with Crippen LogP contribution >= 0.6 is 0 Å². The maximum atomic E-state index is 15.4. The molecule has 0 saturated carbocycles. The van der Waals surface area contributed by atoms with Crippen LogP contribution < -0.4 is 10.1 Å². The number of carbonyl (C=O) groups excluding carboxylic acids is 2. The first-order valence-electron chi connectivity index (χ1n) is 9.13. The van der Waals surface area contributed by atoms with Gasteiger partial charge in [-0.2, -0.15) is 0 Å². The van der Waals surface area contributed by atoms with Gasteiger partial charge in [0, 0.05) is 11.1 Å². The highest BCUT2D eigenvalue weighted by Crippen LogP contribution is 2.31. The molecule has 28 heavy (non-hydrogen) atoms. The van der Waals surface area contributed by atoms with Crippen molar-refractivity contribution in [2.45, 2.75) is 45.8 Å². The van der Waals surface area contributed by atoms with Crippen molar-refractivity contribution in [3.63, 3.8) is 0 Å². The third-order valence-electron chi connectivity index (χ3n) is 4.09. The smallest absolute Gasteiger partial charge is 0.408 e. The van der Waals surface area contributed by atoms with Crippen LogP contribution in [0.1, 0.15) is 61.6 Å². The lowest BCUT2D eigenvalue weighted by molar-refractivity contribution is 0.0501. The summed E-state index contributed by atoms with van der Waals surface area (Å²) < 4.78 is 25.9. The molecule has 0 bridgehead atoms. The maximum absolute atomic E-state index is 15.4. The number of ketones is 1. The van der Waals surface area contributed by atoms with Crippen LogP contribution in [0.5, 0.6) is 5.75 Å². The quantitative estimate of drug-likeness (QED) is 0.705. The molecular weight excluding hydrogens is 361 g/mol. The van der Waals surface area contributed by atoms with Crippen LogP contribution in [0.25, 0.3) is 0 Å². The first kappa shape index (κ1) is 21.4. The Balaban J connectivity index is 2.42. The van der Waals surface area contributed by atoms with Crippen molar-refractivity contribution in [1.82, 2.24) is 5.32 Å². The van der Waals surface area contributed by atoms with Gasteiger partial charge in [0.25, 0.3) is 0 Å². The molecule has 0 heterocycles. The number of amides is 1. The van der Waals surface area contributed by atoms with E-state index in [0.717, 1.165) is 0 Å². The van der Waals surface area contributed by atoms with E-state index in [0.29, 0.717) is 12.0 Å². The summed E-state index contributed by atoms with van der Waals surface area (Å²) in [5.74, 6) is -1.05. The SMILES string of the molecule is CC[C@@H](NC(=O)OC(C)(C)C)c1ccc(OC)c(C(=O)c2ccccc2)c1F. The standard InChI is InChI=1S/C22H26FNO4/c1-6-16(24-21(26)28-22(2,3)4)15-12-13-17(27-5)18(19(15)23)20(25)14-10-8-7-9-11-14/h7-13,16H,6H2,1-5H3,(H,24,26)/t16-/m1/s1. The molecule has 0 aliphatic rings. The molecule has 0 radical (unpaired) electrons. The average molecular weight is 387 g/mol. The molecule has 2 aromatic carbocycles. The molecular formula is C22H26FNO4. The molecule has 6 heteroatoms. The van der Waals surface area contributed by atoms with Gasteiger partial charge in [0.05, 0.1) is 13.2 Å². The lowest BCUT2D eigenvalue weighted by atomic mass is 9.95. The van der Waals surface area contributed by atoms with Gasteiger partial charge in [-0.15, -0.1) is 0 Å². The topological polar surface area (TPSA) is 64.6 Å². The zero-order valence-electron chi connectivity index (χ0n) is 16.8. The van der Waals surface area contributed by atoms with Crippen LogP contribution in [-0.2, 0) is 4.74 Å². The molecule has 150 valence electrons. The van der Waals surface area contributed by atoms with E-state index in [1.807, 2.05) is 6.92 Å². The molecule has 1 N–H and O–H groups in total. The van der Waals surface area contributed by atoms with Gasteiger partial charge in [0.15, 0.2) is 5.78 Å². The van der Waals surface area contributed by atoms with Crippen LogP contribution in [0.4, 0.5) is 9.18 Å². The van der Waals surface area contributed by atoms with Crippen molar-refractivity contribution in [2.75, 3.05) is 7.11 Å². The number of carbonyl (C=O) groups is 2. The van der Waals surface area contributed by atoms with Crippen molar-refractivity contribution < 1.29 is 23.5 Å². The fourth-order valence-corrected chi connectivity index (χ4v) is 2.81. The summed E-state index contributed by atoms with van der Waals surface area (Å²) in [6, 6.07) is 10.8. The number of hydrogen-bond acceptors (Lipinski definition) is 4. The molecule has 2 rings (SSSR count). The van der Waals surface area contributed by atoms with E-state index in [-0.39, 0.29) is 16.9 Å². The van der Waals surface area contributed by atoms with E-state index >= 15 is 4.39 Å². The third kappa shape index (κ3) is 5.09. The van der Waals surface area contributed by atoms with E-state index in [9.17, 15) is 9.59 Å². The second kappa shape index (κ2) is 8.87. The Morgan fingerprint density at radius 1 is 1.11 bits per heavy atom. The Bertz CT molecular complexity index is 844. The molecule has 0 saturated heterocycles. The number of ether oxygens (including phenoxy) is 2. The Kier molecular flexibility index (Phi) is 6.78. The summed E-state index contributed by atoms with van der Waals surface area (Å²) in [6.45, 7) is 7.05. The zero-order valence-corrected chi connectivity index (χ0v) is 16.8. The van der Waals surface area contributed by atoms with Crippen molar-refractivity contribution in [1.29, 1.82) is 0 Å². The van der Waals surface area contributed by atoms with Crippen LogP contribution in [0.15, 0.2) is 42.5 Å². The first-order valence-corrected chi connectivity index (χ1v) is 9.13. The van der Waals surface area contributed by atoms with E-state index < -0.39 is 29.3 Å². The molecule has 0 aliphatic heterocycles. The normalized spacial score (nSPS) is 12.2. The zero-order chi connectivity index (χ0) is 20.9. The third-order valence-corrected chi connectivity index (χ3v) is 4.09. The van der Waals surface area contributed by atoms with E-state index in [2.05, 4.69) is 5.32 Å². The number of hydrogen-bond donors (Lipinski definition) is 1. The number of rotatable bonds is 6. The van der Waals surface area contributed by atoms with Crippen LogP contribution in [-0.4, -0.2) is 24.6 Å². The molecule has 0 aromatic heterocycles. The molecule has 0 unspecified atom stereocenters. The van der Waals surface area contributed by atoms with Gasteiger partial charge < -0.3 is 14.8 Å². The summed E-state index contributed by atoms with van der Waals surface area (Å²) >= 11 is 0. The highest BCUT2D eigenvalue weighted by Gasteiger charge is 2.27. The van der Waals surface area contributed by atoms with Gasteiger partial charge in [-0.05, 0) is 33.3 Å². The van der Waals surface area contributed by atoms with E-state index in [4.69, 9.17) is 9.47 Å². The van der Waals surface area contributed by atoms with Crippen LogP contribution in [0, 0.1) is 5.82 Å². The lowest BCUT2D eigenvalue weighted by Crippen LogP contribution is -2.35. The number of benzene rings is 2. The molecule has 1 amide bonds. The second-order valence-corrected chi connectivity index (χ2v) is 7.35. The summed E-state index contributed by atoms with van der Waals surface area (Å²) in [5.41, 5.74) is -0.274. The fourth-order valence-electron chi connectivity index (χ4n) is 2.81. The maximum Gasteiger partial charge on any atom is 0.408 e. The molecule has 5 nitrogen and oxygen atoms in total. The predicted octanol–water partition coefficient (Wildman–Crippen LogP) is 5.04. The minimum Gasteiger partial charge on any atom is -0.496 e. The summed E-state index contributed by atoms with van der Waals surface area (Å²) in [6.07, 6.45) is -0.230. The highest BCUT2D eigenvalue weighted by molar-refractivity contribution is 6.11. The Morgan fingerprint density at radius 3 is 2.29 bits per heavy atom. The van der Waals surface area contributed by atoms with Gasteiger partial charge in [0.2, 0.25) is 0 Å². The van der Waals surface area contributed by atoms with Crippen molar-refractivity contribution in [3.8, 4) is 5.75 Å². The molecule has 0 aliphatic carbocycles. The van der Waals surface area contributed by atoms with Crippen molar-refractivity contribution in [2.24, 2.45) is 0 Å². The first-order chi connectivity index (χ1) is 13.2. The number of methoxy groups -OCH3 is 1. The number of halogens is 1. The fraction of sp³-hybridized carbons (Fsp3) is 0.364. The second-order valence-electron chi connectivity index (χ2n) is 7.35. The van der Waals surface area contributed by atoms with E-state index in [1.54, 1.807) is 51.1 Å². The Labute approximate surface area is 164 Å². The van der Waals surface area contributed by atoms with Crippen LogP contribution in [0.2, 0.25) is 0 Å². The highest BCUT2D eigenvalue weighted by atomic mass is 19.1. The summed E-state index contributed by atoms with van der Waals surface area (Å²) in [4.78, 5) is 25.0. The van der Waals surface area contributed by atoms with Crippen molar-refractivity contribution >= 4 is 11.9 Å². The largest absolute Gasteiger partial charge is 0.496 e. The predicted molar refractivity (Wildman–Crippen MR) is 105 cm³/mol. The Hall–Kier alpha value is -2.89. The summed E-state index contributed by atoms with van der Waals surface area (Å²) in [5, 5.41) is 2.67. The van der Waals surface area contributed by atoms with Gasteiger partial charge in [-0.3, -0.25) is 4.79 Å². The van der Waals surface area contributed by atoms with Gasteiger partial charge in [-0.25, -0.2) is 9.18 Å². The van der Waals surface area contributed by atoms with E-state index in [1.165, 1.54) is 19.2 Å². The van der Waals surface area contributed by atoms with Gasteiger partial charge in [-0.1, -0.05) is 43.3 Å². The van der Waals surface area contributed by atoms with Gasteiger partial charge >= 0.3 is 6.09 Å². The number of alkyl carbamates (subject to hydrolysis) is 1. The minimum absolute atomic E-state index is 0.141.